The van der Waals surface area contributed by atoms with Crippen LogP contribution in [-0.4, -0.2) is 40.0 Å². The predicted octanol–water partition coefficient (Wildman–Crippen LogP) is -0.473. The van der Waals surface area contributed by atoms with E-state index in [1.54, 1.807) is 4.72 Å². The first-order valence-corrected chi connectivity index (χ1v) is 8.23. The maximum Gasteiger partial charge on any atom is 0.369 e. The van der Waals surface area contributed by atoms with Crippen LogP contribution in [0.3, 0.4) is 0 Å². The number of rotatable bonds is 3. The minimum Gasteiger partial charge on any atom is -0.348 e. The lowest BCUT2D eigenvalue weighted by Gasteiger charge is -2.36. The first-order chi connectivity index (χ1) is 10.4. The highest BCUT2D eigenvalue weighted by Gasteiger charge is 2.48. The normalized spacial score (nSPS) is 21.1. The molecule has 0 spiro atoms. The summed E-state index contributed by atoms with van der Waals surface area (Å²) in [5.41, 5.74) is 5.81. The van der Waals surface area contributed by atoms with E-state index in [-0.39, 0.29) is 10.3 Å². The van der Waals surface area contributed by atoms with Crippen molar-refractivity contribution in [2.24, 2.45) is 5.73 Å². The van der Waals surface area contributed by atoms with Crippen molar-refractivity contribution >= 4 is 22.3 Å². The molecule has 0 bridgehead atoms. The Hall–Kier alpha value is -2.37. The van der Waals surface area contributed by atoms with Crippen LogP contribution < -0.4 is 15.6 Å². The Morgan fingerprint density at radius 3 is 2.59 bits per heavy atom. The maximum absolute atomic E-state index is 11.5. The number of primary amides is 1. The molecule has 3 N–H and O–H groups in total. The summed E-state index contributed by atoms with van der Waals surface area (Å²) >= 11 is 0. The van der Waals surface area contributed by atoms with Crippen LogP contribution >= 0.6 is 0 Å². The number of carbonyl (C=O) groups excluding carboxylic acids is 2. The maximum atomic E-state index is 11.5. The van der Waals surface area contributed by atoms with Gasteiger partial charge in [0.15, 0.2) is 0 Å². The number of hydrogen-bond donors (Lipinski definition) is 2. The topological polar surface area (TPSA) is 144 Å². The minimum atomic E-state index is -4.11. The van der Waals surface area contributed by atoms with Gasteiger partial charge in [-0.3, -0.25) is 0 Å². The molecule has 2 fully saturated rings. The summed E-state index contributed by atoms with van der Waals surface area (Å²) < 4.78 is 24.9. The van der Waals surface area contributed by atoms with Gasteiger partial charge in [0.05, 0.1) is 11.9 Å². The monoisotopic (exact) mass is 329 g/mol. The fourth-order valence-corrected chi connectivity index (χ4v) is 3.55. The quantitative estimate of drug-likeness (QED) is 0.767. The Morgan fingerprint density at radius 1 is 1.36 bits per heavy atom. The van der Waals surface area contributed by atoms with Crippen LogP contribution in [0.15, 0.2) is 6.20 Å². The number of hydrazine groups is 1. The molecule has 11 nitrogen and oxygen atoms in total. The van der Waals surface area contributed by atoms with Gasteiger partial charge in [-0.25, -0.2) is 14.3 Å². The van der Waals surface area contributed by atoms with Crippen LogP contribution in [-0.2, 0) is 10.2 Å². The summed E-state index contributed by atoms with van der Waals surface area (Å²) in [6.45, 7) is 0. The SMILES string of the molecule is NC(=O)N(N1C(=O)NS1(=O)=O)n1cc(C2CCCCC2)nn1. The molecule has 1 aliphatic heterocycles. The fraction of sp³-hybridized carbons (Fsp3) is 0.600. The summed E-state index contributed by atoms with van der Waals surface area (Å²) in [6, 6.07) is -2.16. The number of carbonyl (C=O) groups is 2. The lowest BCUT2D eigenvalue weighted by molar-refractivity contribution is 0.192. The molecular formula is C10H15N7O4S. The van der Waals surface area contributed by atoms with Crippen molar-refractivity contribution in [3.8, 4) is 0 Å². The van der Waals surface area contributed by atoms with Crippen molar-refractivity contribution in [2.75, 3.05) is 5.12 Å². The van der Waals surface area contributed by atoms with Crippen LogP contribution in [0, 0.1) is 0 Å². The lowest BCUT2D eigenvalue weighted by Crippen LogP contribution is -2.72. The van der Waals surface area contributed by atoms with E-state index in [0.717, 1.165) is 30.5 Å². The molecule has 2 heterocycles. The third-order valence-electron chi connectivity index (χ3n) is 3.70. The second-order valence-electron chi connectivity index (χ2n) is 5.18. The molecule has 2 aliphatic rings. The van der Waals surface area contributed by atoms with E-state index < -0.39 is 22.3 Å². The fourth-order valence-electron chi connectivity index (χ4n) is 2.67. The number of hydrogen-bond acceptors (Lipinski definition) is 6. The van der Waals surface area contributed by atoms with E-state index in [0.29, 0.717) is 10.8 Å². The third-order valence-corrected chi connectivity index (χ3v) is 4.91. The molecular weight excluding hydrogens is 314 g/mol. The molecule has 1 aromatic rings. The van der Waals surface area contributed by atoms with Crippen LogP contribution in [0.25, 0.3) is 0 Å². The van der Waals surface area contributed by atoms with Crippen molar-refractivity contribution in [3.63, 3.8) is 0 Å². The minimum absolute atomic E-state index is 0.203. The molecule has 0 atom stereocenters. The standard InChI is InChI=1S/C10H15N7O4S/c11-9(18)16(17-10(19)13-22(17,20)21)15-6-8(12-14-15)7-4-2-1-3-5-7/h6-7H,1-5H2,(H2,11,18)(H,13,19). The first kappa shape index (κ1) is 14.6. The number of nitrogens with two attached hydrogens (primary N) is 1. The van der Waals surface area contributed by atoms with Crippen molar-refractivity contribution in [2.45, 2.75) is 38.0 Å². The predicted molar refractivity (Wildman–Crippen MR) is 72.9 cm³/mol. The van der Waals surface area contributed by atoms with Crippen molar-refractivity contribution in [1.29, 1.82) is 0 Å². The molecule has 0 radical (unpaired) electrons. The number of aromatic nitrogens is 3. The average molecular weight is 329 g/mol. The Kier molecular flexibility index (Phi) is 3.39. The second-order valence-corrected chi connectivity index (χ2v) is 6.68. The molecule has 120 valence electrons. The zero-order chi connectivity index (χ0) is 15.9. The van der Waals surface area contributed by atoms with Gasteiger partial charge in [0.25, 0.3) is 0 Å². The van der Waals surface area contributed by atoms with E-state index in [4.69, 9.17) is 5.73 Å². The largest absolute Gasteiger partial charge is 0.369 e. The Labute approximate surface area is 126 Å². The van der Waals surface area contributed by atoms with E-state index in [9.17, 15) is 18.0 Å². The summed E-state index contributed by atoms with van der Waals surface area (Å²) in [4.78, 5) is 23.8. The Bertz CT molecular complexity index is 709. The molecule has 22 heavy (non-hydrogen) atoms. The Balaban J connectivity index is 1.88. The zero-order valence-electron chi connectivity index (χ0n) is 11.5. The molecule has 0 aromatic carbocycles. The van der Waals surface area contributed by atoms with Crippen LogP contribution in [0.1, 0.15) is 43.7 Å². The second kappa shape index (κ2) is 5.12. The number of amides is 4. The summed E-state index contributed by atoms with van der Waals surface area (Å²) in [5.74, 6) is 0.207. The summed E-state index contributed by atoms with van der Waals surface area (Å²) in [6.07, 6.45) is 6.67. The highest BCUT2D eigenvalue weighted by atomic mass is 32.2. The van der Waals surface area contributed by atoms with E-state index in [1.165, 1.54) is 12.6 Å². The highest BCUT2D eigenvalue weighted by Crippen LogP contribution is 2.31. The third kappa shape index (κ3) is 2.34. The van der Waals surface area contributed by atoms with Crippen molar-refractivity contribution in [1.82, 2.24) is 24.2 Å². The summed E-state index contributed by atoms with van der Waals surface area (Å²) in [7, 11) is -4.11. The number of nitrogens with one attached hydrogen (secondary N) is 1. The molecule has 12 heteroatoms. The number of nitrogens with zero attached hydrogens (tertiary/aromatic N) is 5. The molecule has 4 amide bonds. The first-order valence-electron chi connectivity index (χ1n) is 6.79. The number of urea groups is 2. The molecule has 1 aromatic heterocycles. The van der Waals surface area contributed by atoms with E-state index in [2.05, 4.69) is 10.3 Å². The lowest BCUT2D eigenvalue weighted by atomic mass is 9.87. The molecule has 1 saturated heterocycles. The van der Waals surface area contributed by atoms with Gasteiger partial charge in [0.2, 0.25) is 0 Å². The van der Waals surface area contributed by atoms with Gasteiger partial charge in [-0.15, -0.1) is 9.89 Å². The van der Waals surface area contributed by atoms with E-state index in [1.807, 2.05) is 0 Å². The highest BCUT2D eigenvalue weighted by molar-refractivity contribution is 7.90. The van der Waals surface area contributed by atoms with Crippen LogP contribution in [0.2, 0.25) is 0 Å². The van der Waals surface area contributed by atoms with Crippen molar-refractivity contribution in [3.05, 3.63) is 11.9 Å². The van der Waals surface area contributed by atoms with Gasteiger partial charge in [0, 0.05) is 5.92 Å². The van der Waals surface area contributed by atoms with Gasteiger partial charge < -0.3 is 5.73 Å². The Morgan fingerprint density at radius 2 is 2.05 bits per heavy atom. The molecule has 1 aliphatic carbocycles. The molecule has 3 rings (SSSR count). The smallest absolute Gasteiger partial charge is 0.348 e. The van der Waals surface area contributed by atoms with Crippen LogP contribution in [0.4, 0.5) is 9.59 Å². The molecule has 0 unspecified atom stereocenters. The average Bonchev–Trinajstić information content (AvgIpc) is 2.94. The van der Waals surface area contributed by atoms with Gasteiger partial charge in [-0.05, 0) is 18.1 Å². The van der Waals surface area contributed by atoms with Crippen molar-refractivity contribution < 1.29 is 18.0 Å². The zero-order valence-corrected chi connectivity index (χ0v) is 12.4. The van der Waals surface area contributed by atoms with Gasteiger partial charge in [-0.1, -0.05) is 28.8 Å². The van der Waals surface area contributed by atoms with Gasteiger partial charge >= 0.3 is 22.3 Å². The van der Waals surface area contributed by atoms with Gasteiger partial charge in [0.1, 0.15) is 0 Å². The van der Waals surface area contributed by atoms with Crippen LogP contribution in [0.5, 0.6) is 0 Å². The van der Waals surface area contributed by atoms with E-state index >= 15 is 0 Å². The summed E-state index contributed by atoms with van der Waals surface area (Å²) in [5, 5.41) is 8.11. The van der Waals surface area contributed by atoms with Gasteiger partial charge in [-0.2, -0.15) is 8.42 Å². The molecule has 1 saturated carbocycles.